The summed E-state index contributed by atoms with van der Waals surface area (Å²) in [6, 6.07) is 0.390. The molecule has 0 atom stereocenters. The van der Waals surface area contributed by atoms with Gasteiger partial charge in [0, 0.05) is 31.2 Å². The second-order valence-electron chi connectivity index (χ2n) is 5.41. The highest BCUT2D eigenvalue weighted by Gasteiger charge is 2.30. The molecular weight excluding hydrogens is 204 g/mol. The second-order valence-corrected chi connectivity index (χ2v) is 5.41. The summed E-state index contributed by atoms with van der Waals surface area (Å²) in [4.78, 5) is 14.0. The van der Waals surface area contributed by atoms with E-state index in [-0.39, 0.29) is 12.5 Å². The van der Waals surface area contributed by atoms with Gasteiger partial charge in [0.05, 0.1) is 0 Å². The van der Waals surface area contributed by atoms with Crippen LogP contribution in [-0.2, 0) is 4.79 Å². The SMILES string of the molecule is CC(C)(N)CC(=O)N(CCCO)C1CCC1. The third kappa shape index (κ3) is 4.10. The predicted octanol–water partition coefficient (Wildman–Crippen LogP) is 0.877. The number of nitrogens with two attached hydrogens (primary N) is 1. The van der Waals surface area contributed by atoms with Crippen molar-refractivity contribution in [3.63, 3.8) is 0 Å². The molecule has 0 aliphatic heterocycles. The van der Waals surface area contributed by atoms with E-state index in [1.54, 1.807) is 0 Å². The fourth-order valence-corrected chi connectivity index (χ4v) is 1.94. The molecule has 0 heterocycles. The molecule has 0 radical (unpaired) electrons. The molecule has 0 saturated heterocycles. The molecule has 0 aromatic carbocycles. The van der Waals surface area contributed by atoms with Crippen LogP contribution in [0.3, 0.4) is 0 Å². The summed E-state index contributed by atoms with van der Waals surface area (Å²) in [5, 5.41) is 8.84. The normalized spacial score (nSPS) is 17.0. The van der Waals surface area contributed by atoms with Gasteiger partial charge < -0.3 is 15.7 Å². The van der Waals surface area contributed by atoms with Crippen molar-refractivity contribution in [2.45, 2.75) is 57.5 Å². The number of hydrogen-bond acceptors (Lipinski definition) is 3. The number of aliphatic hydroxyl groups excluding tert-OH is 1. The maximum atomic E-state index is 12.1. The zero-order chi connectivity index (χ0) is 12.2. The van der Waals surface area contributed by atoms with Crippen molar-refractivity contribution in [2.75, 3.05) is 13.2 Å². The number of aliphatic hydroxyl groups is 1. The van der Waals surface area contributed by atoms with E-state index >= 15 is 0 Å². The Morgan fingerprint density at radius 1 is 1.50 bits per heavy atom. The van der Waals surface area contributed by atoms with E-state index < -0.39 is 5.54 Å². The van der Waals surface area contributed by atoms with Crippen LogP contribution in [0.1, 0.15) is 46.0 Å². The molecule has 0 aromatic heterocycles. The van der Waals surface area contributed by atoms with Gasteiger partial charge in [-0.1, -0.05) is 0 Å². The molecule has 0 unspecified atom stereocenters. The van der Waals surface area contributed by atoms with Crippen LogP contribution in [0.5, 0.6) is 0 Å². The van der Waals surface area contributed by atoms with Crippen molar-refractivity contribution in [1.29, 1.82) is 0 Å². The number of rotatable bonds is 6. The average molecular weight is 228 g/mol. The molecule has 1 fully saturated rings. The molecule has 4 heteroatoms. The lowest BCUT2D eigenvalue weighted by atomic mass is 9.90. The molecule has 94 valence electrons. The topological polar surface area (TPSA) is 66.6 Å². The Bertz CT molecular complexity index is 232. The fourth-order valence-electron chi connectivity index (χ4n) is 1.94. The Kier molecular flexibility index (Phi) is 4.74. The predicted molar refractivity (Wildman–Crippen MR) is 63.9 cm³/mol. The molecule has 1 rings (SSSR count). The molecule has 0 aromatic rings. The number of amides is 1. The van der Waals surface area contributed by atoms with E-state index in [2.05, 4.69) is 0 Å². The summed E-state index contributed by atoms with van der Waals surface area (Å²) in [6.45, 7) is 4.55. The summed E-state index contributed by atoms with van der Waals surface area (Å²) in [5.41, 5.74) is 5.42. The first-order valence-electron chi connectivity index (χ1n) is 6.13. The Morgan fingerprint density at radius 3 is 2.50 bits per heavy atom. The van der Waals surface area contributed by atoms with E-state index in [0.717, 1.165) is 12.8 Å². The average Bonchev–Trinajstić information content (AvgIpc) is 2.05. The monoisotopic (exact) mass is 228 g/mol. The van der Waals surface area contributed by atoms with Gasteiger partial charge in [-0.2, -0.15) is 0 Å². The van der Waals surface area contributed by atoms with Gasteiger partial charge in [-0.3, -0.25) is 4.79 Å². The molecule has 4 nitrogen and oxygen atoms in total. The Morgan fingerprint density at radius 2 is 2.12 bits per heavy atom. The van der Waals surface area contributed by atoms with Crippen LogP contribution < -0.4 is 5.73 Å². The van der Waals surface area contributed by atoms with Crippen LogP contribution in [0.25, 0.3) is 0 Å². The Balaban J connectivity index is 2.50. The van der Waals surface area contributed by atoms with E-state index in [1.807, 2.05) is 18.7 Å². The first-order chi connectivity index (χ1) is 7.44. The molecular formula is C12H24N2O2. The summed E-state index contributed by atoms with van der Waals surface area (Å²) in [7, 11) is 0. The van der Waals surface area contributed by atoms with Gasteiger partial charge in [0.25, 0.3) is 0 Å². The lowest BCUT2D eigenvalue weighted by Gasteiger charge is -2.38. The van der Waals surface area contributed by atoms with E-state index in [0.29, 0.717) is 25.4 Å². The summed E-state index contributed by atoms with van der Waals surface area (Å²) >= 11 is 0. The van der Waals surface area contributed by atoms with Crippen LogP contribution in [0.4, 0.5) is 0 Å². The van der Waals surface area contributed by atoms with Gasteiger partial charge in [0.1, 0.15) is 0 Å². The van der Waals surface area contributed by atoms with Gasteiger partial charge >= 0.3 is 0 Å². The van der Waals surface area contributed by atoms with Crippen molar-refractivity contribution < 1.29 is 9.90 Å². The zero-order valence-electron chi connectivity index (χ0n) is 10.4. The summed E-state index contributed by atoms with van der Waals surface area (Å²) in [6.07, 6.45) is 4.45. The highest BCUT2D eigenvalue weighted by molar-refractivity contribution is 5.77. The van der Waals surface area contributed by atoms with Crippen LogP contribution in [0.2, 0.25) is 0 Å². The first kappa shape index (κ1) is 13.5. The Hall–Kier alpha value is -0.610. The molecule has 0 bridgehead atoms. The maximum Gasteiger partial charge on any atom is 0.224 e. The second kappa shape index (κ2) is 5.64. The summed E-state index contributed by atoms with van der Waals surface area (Å²) in [5.74, 6) is 0.130. The summed E-state index contributed by atoms with van der Waals surface area (Å²) < 4.78 is 0. The molecule has 1 aliphatic rings. The van der Waals surface area contributed by atoms with E-state index in [4.69, 9.17) is 10.8 Å². The number of nitrogens with zero attached hydrogens (tertiary/aromatic N) is 1. The molecule has 1 aliphatic carbocycles. The van der Waals surface area contributed by atoms with Crippen LogP contribution in [-0.4, -0.2) is 40.6 Å². The van der Waals surface area contributed by atoms with Gasteiger partial charge in [-0.25, -0.2) is 0 Å². The van der Waals surface area contributed by atoms with Crippen LogP contribution in [0.15, 0.2) is 0 Å². The highest BCUT2D eigenvalue weighted by Crippen LogP contribution is 2.26. The van der Waals surface area contributed by atoms with Gasteiger partial charge in [-0.15, -0.1) is 0 Å². The van der Waals surface area contributed by atoms with Crippen molar-refractivity contribution in [2.24, 2.45) is 5.73 Å². The van der Waals surface area contributed by atoms with E-state index in [9.17, 15) is 4.79 Å². The van der Waals surface area contributed by atoms with E-state index in [1.165, 1.54) is 6.42 Å². The number of carbonyl (C=O) groups is 1. The maximum absolute atomic E-state index is 12.1. The lowest BCUT2D eigenvalue weighted by Crippen LogP contribution is -2.48. The zero-order valence-corrected chi connectivity index (χ0v) is 10.4. The lowest BCUT2D eigenvalue weighted by molar-refractivity contribution is -0.136. The smallest absolute Gasteiger partial charge is 0.224 e. The molecule has 1 saturated carbocycles. The van der Waals surface area contributed by atoms with Crippen molar-refractivity contribution in [1.82, 2.24) is 4.90 Å². The van der Waals surface area contributed by atoms with Crippen molar-refractivity contribution >= 4 is 5.91 Å². The fraction of sp³-hybridized carbons (Fsp3) is 0.917. The molecule has 16 heavy (non-hydrogen) atoms. The number of carbonyl (C=O) groups excluding carboxylic acids is 1. The quantitative estimate of drug-likeness (QED) is 0.709. The minimum atomic E-state index is -0.446. The minimum absolute atomic E-state index is 0.130. The van der Waals surface area contributed by atoms with Crippen LogP contribution >= 0.6 is 0 Å². The molecule has 1 amide bonds. The molecule has 0 spiro atoms. The van der Waals surface area contributed by atoms with Crippen molar-refractivity contribution in [3.05, 3.63) is 0 Å². The number of hydrogen-bond donors (Lipinski definition) is 2. The first-order valence-corrected chi connectivity index (χ1v) is 6.13. The third-order valence-electron chi connectivity index (χ3n) is 3.00. The van der Waals surface area contributed by atoms with Crippen molar-refractivity contribution in [3.8, 4) is 0 Å². The third-order valence-corrected chi connectivity index (χ3v) is 3.00. The van der Waals surface area contributed by atoms with Gasteiger partial charge in [0.15, 0.2) is 0 Å². The highest BCUT2D eigenvalue weighted by atomic mass is 16.3. The molecule has 3 N–H and O–H groups in total. The van der Waals surface area contributed by atoms with Crippen LogP contribution in [0, 0.1) is 0 Å². The van der Waals surface area contributed by atoms with Gasteiger partial charge in [-0.05, 0) is 39.5 Å². The standard InChI is InChI=1S/C12H24N2O2/c1-12(2,13)9-11(16)14(7-4-8-15)10-5-3-6-10/h10,15H,3-9,13H2,1-2H3. The van der Waals surface area contributed by atoms with Gasteiger partial charge in [0.2, 0.25) is 5.91 Å². The Labute approximate surface area is 97.8 Å². The largest absolute Gasteiger partial charge is 0.396 e. The minimum Gasteiger partial charge on any atom is -0.396 e.